The number of aromatic nitrogens is 3. The van der Waals surface area contributed by atoms with Gasteiger partial charge in [-0.1, -0.05) is 12.0 Å². The Kier molecular flexibility index (Phi) is 6.01. The second-order valence-corrected chi connectivity index (χ2v) is 9.21. The molecule has 1 aromatic carbocycles. The van der Waals surface area contributed by atoms with Gasteiger partial charge in [0.25, 0.3) is 5.88 Å². The van der Waals surface area contributed by atoms with Gasteiger partial charge >= 0.3 is 5.91 Å². The van der Waals surface area contributed by atoms with Crippen LogP contribution in [0.4, 0.5) is 11.5 Å². The first-order valence-electron chi connectivity index (χ1n) is 11.9. The second kappa shape index (κ2) is 9.11. The van der Waals surface area contributed by atoms with Gasteiger partial charge in [-0.05, 0) is 93.2 Å². The quantitative estimate of drug-likeness (QED) is 0.518. The number of amides is 1. The summed E-state index contributed by atoms with van der Waals surface area (Å²) in [6.45, 7) is 7.16. The minimum Gasteiger partial charge on any atom is -0.469 e. The maximum Gasteiger partial charge on any atom is 0.308 e. The third kappa shape index (κ3) is 4.26. The van der Waals surface area contributed by atoms with Crippen LogP contribution in [0.2, 0.25) is 0 Å². The smallest absolute Gasteiger partial charge is 0.308 e. The highest BCUT2D eigenvalue weighted by Gasteiger charge is 2.31. The van der Waals surface area contributed by atoms with Crippen molar-refractivity contribution in [1.29, 1.82) is 0 Å². The normalized spacial score (nSPS) is 17.8. The fourth-order valence-electron chi connectivity index (χ4n) is 4.50. The van der Waals surface area contributed by atoms with E-state index in [1.807, 2.05) is 19.2 Å². The Hall–Kier alpha value is -3.37. The number of anilines is 2. The summed E-state index contributed by atoms with van der Waals surface area (Å²) in [6.07, 6.45) is 4.09. The summed E-state index contributed by atoms with van der Waals surface area (Å²) in [5.74, 6) is 6.63. The van der Waals surface area contributed by atoms with Crippen molar-refractivity contribution in [1.82, 2.24) is 14.8 Å². The molecule has 7 nitrogen and oxygen atoms in total. The largest absolute Gasteiger partial charge is 0.469 e. The maximum absolute atomic E-state index is 13.3. The van der Waals surface area contributed by atoms with Crippen molar-refractivity contribution in [3.8, 4) is 17.7 Å². The number of pyridine rings is 1. The Morgan fingerprint density at radius 1 is 1.21 bits per heavy atom. The zero-order valence-corrected chi connectivity index (χ0v) is 20.2. The molecule has 1 aliphatic carbocycles. The Morgan fingerprint density at radius 3 is 2.71 bits per heavy atom. The Morgan fingerprint density at radius 2 is 2.00 bits per heavy atom. The number of carbonyl (C=O) groups is 1. The molecule has 3 aromatic rings. The van der Waals surface area contributed by atoms with Gasteiger partial charge in [0.15, 0.2) is 5.52 Å². The van der Waals surface area contributed by atoms with E-state index in [1.165, 1.54) is 11.1 Å². The van der Waals surface area contributed by atoms with E-state index in [0.29, 0.717) is 29.7 Å². The van der Waals surface area contributed by atoms with Crippen LogP contribution in [0.15, 0.2) is 24.3 Å². The van der Waals surface area contributed by atoms with E-state index < -0.39 is 0 Å². The molecule has 2 aliphatic rings. The summed E-state index contributed by atoms with van der Waals surface area (Å²) in [4.78, 5) is 19.9. The van der Waals surface area contributed by atoms with Crippen LogP contribution in [0, 0.1) is 25.7 Å². The number of carbonyl (C=O) groups excluding carboxylic acids is 1. The molecule has 176 valence electrons. The van der Waals surface area contributed by atoms with Crippen molar-refractivity contribution < 1.29 is 14.3 Å². The van der Waals surface area contributed by atoms with Crippen molar-refractivity contribution in [2.75, 3.05) is 18.1 Å². The predicted molar refractivity (Wildman–Crippen MR) is 131 cm³/mol. The first-order chi connectivity index (χ1) is 16.5. The Labute approximate surface area is 200 Å². The van der Waals surface area contributed by atoms with E-state index in [9.17, 15) is 4.79 Å². The van der Waals surface area contributed by atoms with E-state index in [-0.39, 0.29) is 12.0 Å². The van der Waals surface area contributed by atoms with Gasteiger partial charge in [0, 0.05) is 13.7 Å². The molecule has 1 unspecified atom stereocenters. The van der Waals surface area contributed by atoms with E-state index >= 15 is 0 Å². The lowest BCUT2D eigenvalue weighted by Gasteiger charge is -2.24. The van der Waals surface area contributed by atoms with Gasteiger partial charge in [0.2, 0.25) is 0 Å². The average Bonchev–Trinajstić information content (AvgIpc) is 3.62. The molecule has 1 saturated heterocycles. The molecular weight excluding hydrogens is 428 g/mol. The Bertz CT molecular complexity index is 1310. The second-order valence-electron chi connectivity index (χ2n) is 9.21. The molecule has 34 heavy (non-hydrogen) atoms. The summed E-state index contributed by atoms with van der Waals surface area (Å²) in [5, 5.41) is 4.56. The third-order valence-corrected chi connectivity index (χ3v) is 6.61. The highest BCUT2D eigenvalue weighted by molar-refractivity contribution is 6.11. The lowest BCUT2D eigenvalue weighted by Crippen LogP contribution is -2.28. The number of rotatable bonds is 5. The van der Waals surface area contributed by atoms with Gasteiger partial charge in [0.05, 0.1) is 17.8 Å². The lowest BCUT2D eigenvalue weighted by molar-refractivity contribution is -0.112. The Balaban J connectivity index is 1.62. The first kappa shape index (κ1) is 22.4. The zero-order chi connectivity index (χ0) is 23.8. The number of hydrogen-bond acceptors (Lipinski definition) is 5. The van der Waals surface area contributed by atoms with Crippen LogP contribution in [-0.2, 0) is 16.6 Å². The highest BCUT2D eigenvalue weighted by Crippen LogP contribution is 2.46. The highest BCUT2D eigenvalue weighted by atomic mass is 16.5. The summed E-state index contributed by atoms with van der Waals surface area (Å²) >= 11 is 0. The van der Waals surface area contributed by atoms with E-state index in [2.05, 4.69) is 42.9 Å². The number of aryl methyl sites for hydroxylation is 3. The monoisotopic (exact) mass is 458 g/mol. The van der Waals surface area contributed by atoms with Crippen LogP contribution in [0.1, 0.15) is 55.2 Å². The number of nitrogens with zero attached hydrogens (tertiary/aromatic N) is 4. The zero-order valence-electron chi connectivity index (χ0n) is 20.2. The van der Waals surface area contributed by atoms with Crippen LogP contribution in [0.25, 0.3) is 11.0 Å². The topological polar surface area (TPSA) is 69.5 Å². The number of hydrogen-bond donors (Lipinski definition) is 0. The predicted octanol–water partition coefficient (Wildman–Crippen LogP) is 4.71. The van der Waals surface area contributed by atoms with Gasteiger partial charge in [-0.3, -0.25) is 14.4 Å². The van der Waals surface area contributed by atoms with Crippen molar-refractivity contribution >= 4 is 28.4 Å². The van der Waals surface area contributed by atoms with Crippen molar-refractivity contribution in [3.05, 3.63) is 41.0 Å². The number of ether oxygens (including phenoxy) is 2. The van der Waals surface area contributed by atoms with Crippen LogP contribution >= 0.6 is 0 Å². The van der Waals surface area contributed by atoms with Crippen molar-refractivity contribution in [3.63, 3.8) is 0 Å². The molecular formula is C27H30N4O3. The molecule has 1 atom stereocenters. The minimum absolute atomic E-state index is 0.0535. The average molecular weight is 459 g/mol. The summed E-state index contributed by atoms with van der Waals surface area (Å²) < 4.78 is 13.5. The number of benzene rings is 1. The molecule has 0 radical (unpaired) electrons. The van der Waals surface area contributed by atoms with Gasteiger partial charge < -0.3 is 9.47 Å². The fraction of sp³-hybridized carbons (Fsp3) is 0.444. The van der Waals surface area contributed by atoms with E-state index in [4.69, 9.17) is 14.5 Å². The summed E-state index contributed by atoms with van der Waals surface area (Å²) in [6, 6.07) is 8.09. The molecule has 0 N–H and O–H groups in total. The molecule has 1 saturated carbocycles. The molecule has 2 aromatic heterocycles. The van der Waals surface area contributed by atoms with Crippen LogP contribution in [0.3, 0.4) is 0 Å². The molecule has 5 rings (SSSR count). The van der Waals surface area contributed by atoms with E-state index in [0.717, 1.165) is 49.1 Å². The lowest BCUT2D eigenvalue weighted by atomic mass is 9.99. The third-order valence-electron chi connectivity index (χ3n) is 6.61. The molecule has 7 heteroatoms. The summed E-state index contributed by atoms with van der Waals surface area (Å²) in [7, 11) is 1.87. The standard InChI is InChI=1S/C27H30N4O3/c1-5-7-25(32)31(23-15-18(3)17(2)14-21(23)19-9-10-19)24-12-11-22-26(28-24)27(29-30(22)4)34-20-8-6-13-33-16-20/h11-12,14-15,19-20H,6,8-10,13,16H2,1-4H3. The first-order valence-corrected chi connectivity index (χ1v) is 11.9. The molecule has 1 aliphatic heterocycles. The molecule has 3 heterocycles. The van der Waals surface area contributed by atoms with Crippen LogP contribution < -0.4 is 9.64 Å². The van der Waals surface area contributed by atoms with Gasteiger partial charge in [0.1, 0.15) is 11.9 Å². The van der Waals surface area contributed by atoms with Crippen LogP contribution in [-0.4, -0.2) is 40.0 Å². The number of fused-ring (bicyclic) bond motifs is 1. The van der Waals surface area contributed by atoms with Gasteiger partial charge in [-0.25, -0.2) is 4.98 Å². The van der Waals surface area contributed by atoms with Gasteiger partial charge in [-0.2, -0.15) is 0 Å². The van der Waals surface area contributed by atoms with Crippen molar-refractivity contribution in [2.24, 2.45) is 7.05 Å². The summed E-state index contributed by atoms with van der Waals surface area (Å²) in [5.41, 5.74) is 5.86. The maximum atomic E-state index is 13.3. The van der Waals surface area contributed by atoms with Gasteiger partial charge in [-0.15, -0.1) is 5.10 Å². The minimum atomic E-state index is -0.299. The fourth-order valence-corrected chi connectivity index (χ4v) is 4.50. The molecule has 2 fully saturated rings. The van der Waals surface area contributed by atoms with E-state index in [1.54, 1.807) is 16.5 Å². The van der Waals surface area contributed by atoms with Crippen LogP contribution in [0.5, 0.6) is 5.88 Å². The molecule has 1 amide bonds. The SMILES string of the molecule is CC#CC(=O)N(c1ccc2c(n1)c(OC1CCCOC1)nn2C)c1cc(C)c(C)cc1C1CC1. The molecule has 0 bridgehead atoms. The van der Waals surface area contributed by atoms with Crippen molar-refractivity contribution in [2.45, 2.75) is 58.5 Å². The molecule has 0 spiro atoms.